The fraction of sp³-hybridized carbons (Fsp3) is 0.708. The van der Waals surface area contributed by atoms with Gasteiger partial charge in [-0.15, -0.1) is 0 Å². The van der Waals surface area contributed by atoms with E-state index in [-0.39, 0.29) is 23.0 Å². The average molecular weight is 405 g/mol. The van der Waals surface area contributed by atoms with Crippen molar-refractivity contribution in [2.75, 3.05) is 19.8 Å². The Hall–Kier alpha value is -1.75. The van der Waals surface area contributed by atoms with Gasteiger partial charge in [0.2, 0.25) is 0 Å². The van der Waals surface area contributed by atoms with E-state index in [1.54, 1.807) is 0 Å². The first-order chi connectivity index (χ1) is 13.6. The number of piperidine rings is 1. The van der Waals surface area contributed by atoms with E-state index in [0.717, 1.165) is 32.2 Å². The summed E-state index contributed by atoms with van der Waals surface area (Å²) >= 11 is 0. The summed E-state index contributed by atoms with van der Waals surface area (Å²) in [4.78, 5) is 15.7. The van der Waals surface area contributed by atoms with E-state index in [0.29, 0.717) is 30.3 Å². The molecule has 1 fully saturated rings. The van der Waals surface area contributed by atoms with Gasteiger partial charge in [-0.25, -0.2) is 0 Å². The smallest absolute Gasteiger partial charge is 0.254 e. The number of rotatable bonds is 9. The molecule has 164 valence electrons. The summed E-state index contributed by atoms with van der Waals surface area (Å²) in [6, 6.07) is 5.78. The summed E-state index contributed by atoms with van der Waals surface area (Å²) in [5.74, 6) is 1.41. The second kappa shape index (κ2) is 9.84. The third-order valence-electron chi connectivity index (χ3n) is 5.41. The van der Waals surface area contributed by atoms with Crippen molar-refractivity contribution in [2.45, 2.75) is 91.3 Å². The highest BCUT2D eigenvalue weighted by atomic mass is 16.5. The molecule has 0 radical (unpaired) electrons. The third-order valence-corrected chi connectivity index (χ3v) is 5.41. The Morgan fingerprint density at radius 3 is 2.17 bits per heavy atom. The summed E-state index contributed by atoms with van der Waals surface area (Å²) in [7, 11) is 0. The van der Waals surface area contributed by atoms with E-state index in [1.165, 1.54) is 0 Å². The highest BCUT2D eigenvalue weighted by Crippen LogP contribution is 2.34. The van der Waals surface area contributed by atoms with Gasteiger partial charge in [0.05, 0.1) is 13.2 Å². The largest absolute Gasteiger partial charge is 0.490 e. The lowest BCUT2D eigenvalue weighted by Crippen LogP contribution is -2.62. The van der Waals surface area contributed by atoms with Gasteiger partial charge in [0, 0.05) is 29.2 Å². The molecular weight excluding hydrogens is 364 g/mol. The number of unbranched alkanes of at least 4 members (excludes halogenated alkanes) is 1. The van der Waals surface area contributed by atoms with Gasteiger partial charge in [-0.1, -0.05) is 13.3 Å². The van der Waals surface area contributed by atoms with Crippen molar-refractivity contribution in [1.82, 2.24) is 10.2 Å². The summed E-state index contributed by atoms with van der Waals surface area (Å²) in [6.07, 6.45) is 3.96. The van der Waals surface area contributed by atoms with Crippen LogP contribution < -0.4 is 14.8 Å². The first kappa shape index (κ1) is 23.5. The zero-order valence-corrected chi connectivity index (χ0v) is 19.4. The molecule has 0 spiro atoms. The van der Waals surface area contributed by atoms with Crippen LogP contribution in [0.1, 0.15) is 84.5 Å². The monoisotopic (exact) mass is 404 g/mol. The second-order valence-electron chi connectivity index (χ2n) is 9.33. The Morgan fingerprint density at radius 1 is 1.03 bits per heavy atom. The standard InChI is InChI=1S/C24H40N2O3/c1-8-11-14-26(19-16-23(4,5)25-24(6,7)17-19)22(27)18-12-13-20(28-9-2)21(15-18)29-10-3/h12-13,15,19,25H,8-11,14,16-17H2,1-7H3. The van der Waals surface area contributed by atoms with E-state index >= 15 is 0 Å². The average Bonchev–Trinajstić information content (AvgIpc) is 2.61. The van der Waals surface area contributed by atoms with Gasteiger partial charge in [-0.3, -0.25) is 4.79 Å². The van der Waals surface area contributed by atoms with Gasteiger partial charge < -0.3 is 19.7 Å². The van der Waals surface area contributed by atoms with Crippen LogP contribution >= 0.6 is 0 Å². The molecule has 1 aliphatic rings. The van der Waals surface area contributed by atoms with E-state index in [4.69, 9.17) is 9.47 Å². The minimum absolute atomic E-state index is 0.00747. The van der Waals surface area contributed by atoms with Crippen LogP contribution in [0.25, 0.3) is 0 Å². The maximum absolute atomic E-state index is 13.6. The summed E-state index contributed by atoms with van der Waals surface area (Å²) in [5.41, 5.74) is 0.654. The highest BCUT2D eigenvalue weighted by molar-refractivity contribution is 5.95. The van der Waals surface area contributed by atoms with E-state index in [2.05, 4.69) is 44.8 Å². The first-order valence-corrected chi connectivity index (χ1v) is 11.1. The molecule has 1 saturated heterocycles. The molecule has 0 saturated carbocycles. The molecule has 0 bridgehead atoms. The number of hydrogen-bond donors (Lipinski definition) is 1. The third kappa shape index (κ3) is 6.36. The zero-order valence-electron chi connectivity index (χ0n) is 19.4. The number of nitrogens with one attached hydrogen (secondary N) is 1. The van der Waals surface area contributed by atoms with Gasteiger partial charge in [0.1, 0.15) is 0 Å². The van der Waals surface area contributed by atoms with E-state index in [1.807, 2.05) is 32.0 Å². The van der Waals surface area contributed by atoms with Crippen molar-refractivity contribution in [3.63, 3.8) is 0 Å². The predicted molar refractivity (Wildman–Crippen MR) is 119 cm³/mol. The molecule has 29 heavy (non-hydrogen) atoms. The minimum atomic E-state index is -0.00747. The van der Waals surface area contributed by atoms with Crippen LogP contribution in [0, 0.1) is 0 Å². The quantitative estimate of drug-likeness (QED) is 0.627. The lowest BCUT2D eigenvalue weighted by Gasteiger charge is -2.49. The minimum Gasteiger partial charge on any atom is -0.490 e. The van der Waals surface area contributed by atoms with Crippen LogP contribution in [0.5, 0.6) is 11.5 Å². The van der Waals surface area contributed by atoms with E-state index in [9.17, 15) is 4.79 Å². The predicted octanol–water partition coefficient (Wildman–Crippen LogP) is 5.04. The van der Waals surface area contributed by atoms with Crippen LogP contribution in [-0.4, -0.2) is 47.7 Å². The van der Waals surface area contributed by atoms with Gasteiger partial charge in [-0.05, 0) is 79.0 Å². The van der Waals surface area contributed by atoms with Crippen molar-refractivity contribution in [2.24, 2.45) is 0 Å². The molecule has 0 atom stereocenters. The molecule has 1 aliphatic heterocycles. The molecule has 1 heterocycles. The van der Waals surface area contributed by atoms with Crippen LogP contribution in [0.2, 0.25) is 0 Å². The zero-order chi connectivity index (χ0) is 21.7. The SMILES string of the molecule is CCCCN(C(=O)c1ccc(OCC)c(OCC)c1)C1CC(C)(C)NC(C)(C)C1. The lowest BCUT2D eigenvalue weighted by molar-refractivity contribution is 0.0441. The van der Waals surface area contributed by atoms with Crippen molar-refractivity contribution in [3.05, 3.63) is 23.8 Å². The molecule has 1 amide bonds. The molecule has 0 aliphatic carbocycles. The second-order valence-corrected chi connectivity index (χ2v) is 9.33. The number of benzene rings is 1. The number of amides is 1. The Kier molecular flexibility index (Phi) is 7.98. The highest BCUT2D eigenvalue weighted by Gasteiger charge is 2.41. The van der Waals surface area contributed by atoms with E-state index < -0.39 is 0 Å². The van der Waals surface area contributed by atoms with Crippen molar-refractivity contribution in [1.29, 1.82) is 0 Å². The van der Waals surface area contributed by atoms with Gasteiger partial charge in [-0.2, -0.15) is 0 Å². The number of carbonyl (C=O) groups excluding carboxylic acids is 1. The van der Waals surface area contributed by atoms with Gasteiger partial charge in [0.25, 0.3) is 5.91 Å². The molecule has 5 heteroatoms. The Bertz CT molecular complexity index is 669. The molecule has 1 N–H and O–H groups in total. The molecule has 0 aromatic heterocycles. The molecule has 2 rings (SSSR count). The Morgan fingerprint density at radius 2 is 1.62 bits per heavy atom. The van der Waals surface area contributed by atoms with Crippen LogP contribution in [0.3, 0.4) is 0 Å². The Labute approximate surface area is 177 Å². The van der Waals surface area contributed by atoms with Crippen molar-refractivity contribution >= 4 is 5.91 Å². The normalized spacial score (nSPS) is 18.3. The number of hydrogen-bond acceptors (Lipinski definition) is 4. The van der Waals surface area contributed by atoms with Crippen LogP contribution in [0.15, 0.2) is 18.2 Å². The maximum atomic E-state index is 13.6. The topological polar surface area (TPSA) is 50.8 Å². The lowest BCUT2D eigenvalue weighted by atomic mass is 9.78. The fourth-order valence-corrected chi connectivity index (χ4v) is 4.62. The number of ether oxygens (including phenoxy) is 2. The molecular formula is C24H40N2O3. The van der Waals surface area contributed by atoms with Crippen LogP contribution in [0.4, 0.5) is 0 Å². The van der Waals surface area contributed by atoms with Gasteiger partial charge >= 0.3 is 0 Å². The number of carbonyl (C=O) groups is 1. The molecule has 1 aromatic carbocycles. The maximum Gasteiger partial charge on any atom is 0.254 e. The van der Waals surface area contributed by atoms with Gasteiger partial charge in [0.15, 0.2) is 11.5 Å². The summed E-state index contributed by atoms with van der Waals surface area (Å²) < 4.78 is 11.4. The molecule has 0 unspecified atom stereocenters. The van der Waals surface area contributed by atoms with Crippen molar-refractivity contribution in [3.8, 4) is 11.5 Å². The molecule has 5 nitrogen and oxygen atoms in total. The Balaban J connectivity index is 2.34. The number of nitrogens with zero attached hydrogens (tertiary/aromatic N) is 1. The van der Waals surface area contributed by atoms with Crippen molar-refractivity contribution < 1.29 is 14.3 Å². The van der Waals surface area contributed by atoms with Crippen LogP contribution in [-0.2, 0) is 0 Å². The first-order valence-electron chi connectivity index (χ1n) is 11.1. The molecule has 1 aromatic rings. The summed E-state index contributed by atoms with van der Waals surface area (Å²) in [5, 5.41) is 3.72. The summed E-state index contributed by atoms with van der Waals surface area (Å²) in [6.45, 7) is 16.9. The fourth-order valence-electron chi connectivity index (χ4n) is 4.62.